The van der Waals surface area contributed by atoms with Gasteiger partial charge in [-0.15, -0.1) is 13.2 Å². The topological polar surface area (TPSA) is 128 Å². The smallest absolute Gasteiger partial charge is 0.508 e. The molecular weight excluding hydrogens is 804 g/mol. The monoisotopic (exact) mass is 836 g/mol. The van der Waals surface area contributed by atoms with Crippen LogP contribution in [0.4, 0.5) is 40.3 Å². The highest BCUT2D eigenvalue weighted by molar-refractivity contribution is 6.30. The van der Waals surface area contributed by atoms with Crippen molar-refractivity contribution in [2.45, 2.75) is 30.5 Å². The fraction of sp³-hybridized carbons (Fsp3) is 0.200. The van der Waals surface area contributed by atoms with Gasteiger partial charge in [0.2, 0.25) is 11.8 Å². The molecule has 4 amide bonds. The fourth-order valence-corrected chi connectivity index (χ4v) is 9.72. The molecule has 6 unspecified atom stereocenters. The zero-order valence-electron chi connectivity index (χ0n) is 31.2. The number of hydrazine groups is 1. The molecule has 0 bridgehead atoms. The number of benzene rings is 5. The minimum absolute atomic E-state index is 0.0161. The number of fused-ring (bicyclic) bond motifs is 4. The van der Waals surface area contributed by atoms with E-state index in [2.05, 4.69) is 15.5 Å². The number of halogens is 5. The highest BCUT2D eigenvalue weighted by Gasteiger charge is 2.70. The van der Waals surface area contributed by atoms with Crippen molar-refractivity contribution in [3.8, 4) is 11.5 Å². The second-order valence-electron chi connectivity index (χ2n) is 15.2. The third-order valence-electron chi connectivity index (χ3n) is 12.0. The van der Waals surface area contributed by atoms with Crippen molar-refractivity contribution in [1.82, 2.24) is 5.01 Å². The number of carbonyl (C=O) groups is 4. The summed E-state index contributed by atoms with van der Waals surface area (Å²) in [5.74, 6) is -9.84. The van der Waals surface area contributed by atoms with Gasteiger partial charge in [-0.3, -0.25) is 29.5 Å². The Kier molecular flexibility index (Phi) is 9.42. The van der Waals surface area contributed by atoms with E-state index in [9.17, 15) is 37.1 Å². The van der Waals surface area contributed by atoms with E-state index < -0.39 is 82.3 Å². The number of alkyl halides is 3. The lowest BCUT2D eigenvalue weighted by Gasteiger charge is -2.50. The zero-order valence-corrected chi connectivity index (χ0v) is 32.0. The van der Waals surface area contributed by atoms with Gasteiger partial charge >= 0.3 is 6.36 Å². The lowest BCUT2D eigenvalue weighted by Crippen LogP contribution is -2.53. The number of amides is 4. The lowest BCUT2D eigenvalue weighted by atomic mass is 9.49. The van der Waals surface area contributed by atoms with Gasteiger partial charge in [0.25, 0.3) is 11.8 Å². The Morgan fingerprint density at radius 2 is 1.43 bits per heavy atom. The van der Waals surface area contributed by atoms with Gasteiger partial charge < -0.3 is 15.2 Å². The minimum atomic E-state index is -5.12. The molecule has 0 radical (unpaired) electrons. The van der Waals surface area contributed by atoms with Crippen molar-refractivity contribution >= 4 is 58.0 Å². The molecule has 3 fully saturated rings. The molecule has 0 spiro atoms. The number of phenols is 1. The first kappa shape index (κ1) is 38.8. The molecule has 5 aromatic carbocycles. The number of allylic oxidation sites excluding steroid dienone is 2. The largest absolute Gasteiger partial charge is 0.573 e. The van der Waals surface area contributed by atoms with E-state index in [0.29, 0.717) is 16.9 Å². The van der Waals surface area contributed by atoms with E-state index in [1.807, 2.05) is 30.3 Å². The molecule has 2 aliphatic heterocycles. The maximum Gasteiger partial charge on any atom is 0.573 e. The summed E-state index contributed by atoms with van der Waals surface area (Å²) in [6, 6.07) is 30.1. The van der Waals surface area contributed by atoms with Crippen LogP contribution in [0.15, 0.2) is 133 Å². The summed E-state index contributed by atoms with van der Waals surface area (Å²) in [5.41, 5.74) is 3.35. The van der Waals surface area contributed by atoms with E-state index in [4.69, 9.17) is 11.6 Å². The molecule has 10 nitrogen and oxygen atoms in total. The van der Waals surface area contributed by atoms with Gasteiger partial charge in [0.1, 0.15) is 17.3 Å². The summed E-state index contributed by atoms with van der Waals surface area (Å²) in [4.78, 5) is 60.3. The van der Waals surface area contributed by atoms with Gasteiger partial charge in [-0.1, -0.05) is 53.6 Å². The Hall–Kier alpha value is -6.67. The molecular formula is C45H33ClF4N4O6. The molecule has 2 heterocycles. The zero-order chi connectivity index (χ0) is 42.1. The molecule has 304 valence electrons. The highest BCUT2D eigenvalue weighted by atomic mass is 35.5. The van der Waals surface area contributed by atoms with E-state index in [0.717, 1.165) is 45.9 Å². The molecule has 5 aromatic rings. The standard InChI is InChI=1S/C45H33ClF4N4O6/c46-25-8-6-24(7-9-25)44-36(41(57)54(43(44)59)52-29-12-10-26(47)11-13-29)23-34-32(39(44)35-22-31(18-21-37(35)55)60-45(48,49)50)19-20-33-38(34)42(58)53(40(33)56)30-16-14-28(15-17-30)51-27-4-2-1-3-5-27/h1-19,21-22,33-34,36,38-39,51-52,55H,20,23H2. The summed E-state index contributed by atoms with van der Waals surface area (Å²) in [5, 5.41) is 15.9. The number of para-hydroxylation sites is 1. The summed E-state index contributed by atoms with van der Waals surface area (Å²) >= 11 is 6.32. The average molecular weight is 837 g/mol. The number of carbonyl (C=O) groups excluding carboxylic acids is 4. The second kappa shape index (κ2) is 14.6. The minimum Gasteiger partial charge on any atom is -0.508 e. The molecule has 9 rings (SSSR count). The van der Waals surface area contributed by atoms with Crippen molar-refractivity contribution in [1.29, 1.82) is 0 Å². The van der Waals surface area contributed by atoms with Gasteiger partial charge in [-0.2, -0.15) is 5.01 Å². The van der Waals surface area contributed by atoms with E-state index in [1.165, 1.54) is 36.4 Å². The molecule has 0 aromatic heterocycles. The van der Waals surface area contributed by atoms with Gasteiger partial charge in [-0.05, 0) is 115 Å². The first-order valence-corrected chi connectivity index (χ1v) is 19.4. The van der Waals surface area contributed by atoms with Crippen molar-refractivity contribution < 1.29 is 46.6 Å². The summed E-state index contributed by atoms with van der Waals surface area (Å²) < 4.78 is 59.3. The summed E-state index contributed by atoms with van der Waals surface area (Å²) in [6.07, 6.45) is -3.54. The second-order valence-corrected chi connectivity index (χ2v) is 15.6. The summed E-state index contributed by atoms with van der Waals surface area (Å²) in [7, 11) is 0. The van der Waals surface area contributed by atoms with Crippen molar-refractivity contribution in [3.63, 3.8) is 0 Å². The van der Waals surface area contributed by atoms with Crippen LogP contribution >= 0.6 is 11.6 Å². The Morgan fingerprint density at radius 3 is 2.12 bits per heavy atom. The van der Waals surface area contributed by atoms with Gasteiger partial charge in [0.15, 0.2) is 0 Å². The number of hydrogen-bond donors (Lipinski definition) is 3. The van der Waals surface area contributed by atoms with E-state index in [-0.39, 0.29) is 34.7 Å². The van der Waals surface area contributed by atoms with Crippen LogP contribution in [0, 0.1) is 29.5 Å². The quantitative estimate of drug-likeness (QED) is 0.0803. The van der Waals surface area contributed by atoms with Crippen LogP contribution in [0.5, 0.6) is 11.5 Å². The maximum absolute atomic E-state index is 15.3. The Labute approximate surface area is 345 Å². The predicted molar refractivity (Wildman–Crippen MR) is 212 cm³/mol. The maximum atomic E-state index is 15.3. The van der Waals surface area contributed by atoms with Crippen molar-refractivity contribution in [2.24, 2.45) is 23.7 Å². The van der Waals surface area contributed by atoms with E-state index in [1.54, 1.807) is 30.3 Å². The normalized spacial score (nSPS) is 24.8. The SMILES string of the molecule is O=C1C2CC3C(=CCC4C(=O)N(c5ccc(Nc6ccccc6)cc5)C(=O)C43)C(c3cc(OC(F)(F)F)ccc3O)C2(c2ccc(Cl)cc2)C(=O)N1Nc1ccc(F)cc1. The fourth-order valence-electron chi connectivity index (χ4n) is 9.60. The van der Waals surface area contributed by atoms with Crippen LogP contribution in [-0.4, -0.2) is 40.1 Å². The first-order chi connectivity index (χ1) is 28.7. The number of phenolic OH excluding ortho intramolecular Hbond substituents is 1. The van der Waals surface area contributed by atoms with Gasteiger partial charge in [0.05, 0.1) is 34.5 Å². The number of nitrogens with one attached hydrogen (secondary N) is 2. The Morgan fingerprint density at radius 1 is 0.767 bits per heavy atom. The van der Waals surface area contributed by atoms with Crippen LogP contribution < -0.4 is 20.4 Å². The predicted octanol–water partition coefficient (Wildman–Crippen LogP) is 9.02. The molecule has 4 aliphatic rings. The van der Waals surface area contributed by atoms with Gasteiger partial charge in [0, 0.05) is 27.9 Å². The van der Waals surface area contributed by atoms with Crippen LogP contribution in [0.25, 0.3) is 0 Å². The highest BCUT2D eigenvalue weighted by Crippen LogP contribution is 2.65. The number of aromatic hydroxyl groups is 1. The average Bonchev–Trinajstić information content (AvgIpc) is 3.60. The number of imide groups is 2. The molecule has 6 atom stereocenters. The lowest BCUT2D eigenvalue weighted by molar-refractivity contribution is -0.274. The van der Waals surface area contributed by atoms with E-state index >= 15 is 4.79 Å². The molecule has 1 saturated carbocycles. The van der Waals surface area contributed by atoms with Crippen molar-refractivity contribution in [3.05, 3.63) is 155 Å². The third kappa shape index (κ3) is 6.42. The molecule has 60 heavy (non-hydrogen) atoms. The number of anilines is 4. The van der Waals surface area contributed by atoms with Crippen LogP contribution in [0.2, 0.25) is 5.02 Å². The van der Waals surface area contributed by atoms with Gasteiger partial charge in [-0.25, -0.2) is 4.39 Å². The molecule has 2 saturated heterocycles. The molecule has 15 heteroatoms. The Bertz CT molecular complexity index is 2570. The first-order valence-electron chi connectivity index (χ1n) is 19.0. The number of hydrogen-bond acceptors (Lipinski definition) is 8. The van der Waals surface area contributed by atoms with Crippen LogP contribution in [0.1, 0.15) is 29.9 Å². The Balaban J connectivity index is 1.18. The number of nitrogens with zero attached hydrogens (tertiary/aromatic N) is 2. The number of ether oxygens (including phenoxy) is 1. The third-order valence-corrected chi connectivity index (χ3v) is 12.2. The van der Waals surface area contributed by atoms with Crippen LogP contribution in [-0.2, 0) is 24.6 Å². The number of rotatable bonds is 8. The molecule has 3 N–H and O–H groups in total. The molecule has 2 aliphatic carbocycles. The van der Waals surface area contributed by atoms with Crippen LogP contribution in [0.3, 0.4) is 0 Å². The summed E-state index contributed by atoms with van der Waals surface area (Å²) in [6.45, 7) is 0. The van der Waals surface area contributed by atoms with Crippen molar-refractivity contribution in [2.75, 3.05) is 15.6 Å².